The Labute approximate surface area is 135 Å². The minimum atomic E-state index is -3.70. The highest BCUT2D eigenvalue weighted by atomic mass is 35.5. The van der Waals surface area contributed by atoms with Gasteiger partial charge in [-0.2, -0.15) is 0 Å². The molecule has 0 saturated heterocycles. The SMILES string of the molecule is Cl.[2H]C([2H])([2H])C([2H])(NCC(O)c1ccc(O)c(NS(C)(=O)=O)c1)C([2H])([2H])[2H]. The molecule has 0 aliphatic heterocycles. The van der Waals surface area contributed by atoms with Crippen LogP contribution in [0.3, 0.4) is 0 Å². The van der Waals surface area contributed by atoms with Crippen LogP contribution >= 0.6 is 12.4 Å². The minimum absolute atomic E-state index is 0. The maximum absolute atomic E-state index is 11.3. The predicted molar refractivity (Wildman–Crippen MR) is 81.9 cm³/mol. The van der Waals surface area contributed by atoms with Crippen LogP contribution in [0, 0.1) is 0 Å². The van der Waals surface area contributed by atoms with Gasteiger partial charge in [-0.3, -0.25) is 4.72 Å². The van der Waals surface area contributed by atoms with E-state index < -0.39 is 48.1 Å². The van der Waals surface area contributed by atoms with Crippen molar-refractivity contribution < 1.29 is 28.2 Å². The summed E-state index contributed by atoms with van der Waals surface area (Å²) >= 11 is 0. The lowest BCUT2D eigenvalue weighted by atomic mass is 10.1. The number of nitrogens with one attached hydrogen (secondary N) is 2. The van der Waals surface area contributed by atoms with E-state index in [1.807, 2.05) is 10.0 Å². The highest BCUT2D eigenvalue weighted by Crippen LogP contribution is 2.27. The van der Waals surface area contributed by atoms with E-state index in [0.717, 1.165) is 18.4 Å². The second kappa shape index (κ2) is 7.68. The molecule has 0 saturated carbocycles. The monoisotopic (exact) mass is 331 g/mol. The fourth-order valence-electron chi connectivity index (χ4n) is 1.36. The maximum atomic E-state index is 11.3. The van der Waals surface area contributed by atoms with Crippen LogP contribution in [-0.2, 0) is 10.0 Å². The van der Waals surface area contributed by atoms with E-state index in [0.29, 0.717) is 0 Å². The summed E-state index contributed by atoms with van der Waals surface area (Å²) in [4.78, 5) is 0. The predicted octanol–water partition coefficient (Wildman–Crippen LogP) is 1.22. The number of phenols is 1. The Balaban J connectivity index is 0.00000676. The number of aliphatic hydroxyl groups excluding tert-OH is 1. The van der Waals surface area contributed by atoms with Crippen LogP contribution in [0.1, 0.15) is 35.0 Å². The fraction of sp³-hybridized carbons (Fsp3) is 0.500. The lowest BCUT2D eigenvalue weighted by Gasteiger charge is -2.16. The summed E-state index contributed by atoms with van der Waals surface area (Å²) in [5.74, 6) is -0.404. The average Bonchev–Trinajstić information content (AvgIpc) is 2.42. The van der Waals surface area contributed by atoms with Gasteiger partial charge in [-0.05, 0) is 17.7 Å². The molecule has 1 unspecified atom stereocenters. The van der Waals surface area contributed by atoms with Crippen molar-refractivity contribution in [1.29, 1.82) is 0 Å². The second-order valence-corrected chi connectivity index (χ2v) is 5.67. The normalized spacial score (nSPS) is 19.8. The Morgan fingerprint density at radius 1 is 1.45 bits per heavy atom. The molecule has 1 atom stereocenters. The van der Waals surface area contributed by atoms with Gasteiger partial charge in [0.1, 0.15) is 5.75 Å². The summed E-state index contributed by atoms with van der Waals surface area (Å²) in [5, 5.41) is 21.9. The topological polar surface area (TPSA) is 98.7 Å². The van der Waals surface area contributed by atoms with E-state index >= 15 is 0 Å². The van der Waals surface area contributed by atoms with E-state index in [9.17, 15) is 18.6 Å². The Morgan fingerprint density at radius 3 is 2.65 bits per heavy atom. The molecule has 0 heterocycles. The minimum Gasteiger partial charge on any atom is -0.506 e. The summed E-state index contributed by atoms with van der Waals surface area (Å²) in [6, 6.07) is 0.448. The molecule has 0 amide bonds. The number of sulfonamides is 1. The molecule has 8 heteroatoms. The highest BCUT2D eigenvalue weighted by Gasteiger charge is 2.13. The smallest absolute Gasteiger partial charge is 0.229 e. The van der Waals surface area contributed by atoms with Gasteiger partial charge in [-0.1, -0.05) is 19.8 Å². The Kier molecular flexibility index (Phi) is 3.78. The molecule has 20 heavy (non-hydrogen) atoms. The second-order valence-electron chi connectivity index (χ2n) is 3.92. The molecule has 0 fully saturated rings. The lowest BCUT2D eigenvalue weighted by Crippen LogP contribution is -2.27. The quantitative estimate of drug-likeness (QED) is 0.587. The van der Waals surface area contributed by atoms with Crippen molar-refractivity contribution in [2.24, 2.45) is 0 Å². The number of halogens is 1. The van der Waals surface area contributed by atoms with Crippen molar-refractivity contribution in [3.05, 3.63) is 23.8 Å². The zero-order valence-electron chi connectivity index (χ0n) is 17.5. The molecular formula is C12H21ClN2O4S. The van der Waals surface area contributed by atoms with Gasteiger partial charge in [0.2, 0.25) is 10.0 Å². The van der Waals surface area contributed by atoms with Crippen molar-refractivity contribution in [3.63, 3.8) is 0 Å². The van der Waals surface area contributed by atoms with Crippen molar-refractivity contribution in [1.82, 2.24) is 5.32 Å². The number of hydrogen-bond acceptors (Lipinski definition) is 5. The Hall–Kier alpha value is -1.02. The van der Waals surface area contributed by atoms with E-state index in [1.54, 1.807) is 0 Å². The van der Waals surface area contributed by atoms with Gasteiger partial charge in [0.05, 0.1) is 18.0 Å². The summed E-state index contributed by atoms with van der Waals surface area (Å²) in [5.41, 5.74) is -0.146. The molecule has 0 radical (unpaired) electrons. The third-order valence-corrected chi connectivity index (χ3v) is 2.76. The van der Waals surface area contributed by atoms with E-state index in [-0.39, 0.29) is 23.7 Å². The van der Waals surface area contributed by atoms with Gasteiger partial charge in [0.25, 0.3) is 0 Å². The number of aliphatic hydroxyl groups is 1. The van der Waals surface area contributed by atoms with Gasteiger partial charge in [-0.15, -0.1) is 12.4 Å². The van der Waals surface area contributed by atoms with Crippen LogP contribution in [0.15, 0.2) is 18.2 Å². The van der Waals surface area contributed by atoms with Crippen LogP contribution in [-0.4, -0.2) is 37.4 Å². The standard InChI is InChI=1S/C12H20N2O4S.ClH/c1-8(2)13-7-12(16)9-4-5-11(15)10(6-9)14-19(3,17)18;/h4-6,8,12-16H,7H2,1-3H3;1H/i1D3,2D3,8D;. The first-order valence-corrected chi connectivity index (χ1v) is 7.11. The molecular weight excluding hydrogens is 304 g/mol. The molecule has 116 valence electrons. The summed E-state index contributed by atoms with van der Waals surface area (Å²) in [6.07, 6.45) is -0.608. The Morgan fingerprint density at radius 2 is 2.10 bits per heavy atom. The maximum Gasteiger partial charge on any atom is 0.229 e. The van der Waals surface area contributed by atoms with E-state index in [1.165, 1.54) is 6.07 Å². The number of benzene rings is 1. The van der Waals surface area contributed by atoms with Crippen LogP contribution < -0.4 is 10.0 Å². The summed E-state index contributed by atoms with van der Waals surface area (Å²) < 4.78 is 76.1. The van der Waals surface area contributed by atoms with Gasteiger partial charge in [0, 0.05) is 22.2 Å². The molecule has 0 aliphatic rings. The fourth-order valence-corrected chi connectivity index (χ4v) is 1.92. The summed E-state index contributed by atoms with van der Waals surface area (Å²) in [6.45, 7) is -7.00. The van der Waals surface area contributed by atoms with Crippen LogP contribution in [0.25, 0.3) is 0 Å². The molecule has 0 bridgehead atoms. The first-order chi connectivity index (χ1) is 11.5. The first kappa shape index (κ1) is 9.83. The van der Waals surface area contributed by atoms with E-state index in [4.69, 9.17) is 9.60 Å². The van der Waals surface area contributed by atoms with Crippen molar-refractivity contribution >= 4 is 28.1 Å². The third kappa shape index (κ3) is 6.42. The van der Waals surface area contributed by atoms with Gasteiger partial charge < -0.3 is 15.5 Å². The first-order valence-electron chi connectivity index (χ1n) is 8.72. The average molecular weight is 332 g/mol. The van der Waals surface area contributed by atoms with Gasteiger partial charge in [0.15, 0.2) is 0 Å². The zero-order chi connectivity index (χ0) is 20.6. The van der Waals surface area contributed by atoms with Crippen LogP contribution in [0.2, 0.25) is 0 Å². The van der Waals surface area contributed by atoms with Crippen molar-refractivity contribution in [2.75, 3.05) is 17.5 Å². The number of rotatable bonds is 6. The number of anilines is 1. The molecule has 1 rings (SSSR count). The molecule has 0 aromatic heterocycles. The Bertz CT molecular complexity index is 741. The molecule has 6 nitrogen and oxygen atoms in total. The molecule has 0 spiro atoms. The van der Waals surface area contributed by atoms with Crippen molar-refractivity contribution in [3.8, 4) is 5.75 Å². The van der Waals surface area contributed by atoms with Crippen molar-refractivity contribution in [2.45, 2.75) is 25.8 Å². The van der Waals surface area contributed by atoms with Gasteiger partial charge in [-0.25, -0.2) is 8.42 Å². The molecule has 0 aliphatic carbocycles. The number of phenolic OH excluding ortho intramolecular Hbond substituents is 1. The highest BCUT2D eigenvalue weighted by molar-refractivity contribution is 7.92. The van der Waals surface area contributed by atoms with Gasteiger partial charge >= 0.3 is 0 Å². The number of aromatic hydroxyl groups is 1. The molecule has 1 aromatic carbocycles. The van der Waals surface area contributed by atoms with Crippen LogP contribution in [0.4, 0.5) is 5.69 Å². The molecule has 1 aromatic rings. The van der Waals surface area contributed by atoms with Crippen LogP contribution in [0.5, 0.6) is 5.75 Å². The van der Waals surface area contributed by atoms with E-state index in [2.05, 4.69) is 0 Å². The third-order valence-electron chi connectivity index (χ3n) is 2.17. The zero-order valence-corrected chi connectivity index (χ0v) is 12.2. The lowest BCUT2D eigenvalue weighted by molar-refractivity contribution is 0.171. The number of hydrogen-bond donors (Lipinski definition) is 4. The summed E-state index contributed by atoms with van der Waals surface area (Å²) in [7, 11) is -3.70. The largest absolute Gasteiger partial charge is 0.506 e. The molecule has 4 N–H and O–H groups in total.